The van der Waals surface area contributed by atoms with Crippen molar-refractivity contribution < 1.29 is 0 Å². The summed E-state index contributed by atoms with van der Waals surface area (Å²) in [5.74, 6) is 2.12. The van der Waals surface area contributed by atoms with Crippen LogP contribution in [0.25, 0.3) is 0 Å². The fourth-order valence-electron chi connectivity index (χ4n) is 2.45. The zero-order valence-electron chi connectivity index (χ0n) is 10.8. The van der Waals surface area contributed by atoms with E-state index >= 15 is 0 Å². The van der Waals surface area contributed by atoms with Crippen molar-refractivity contribution in [2.45, 2.75) is 38.8 Å². The molecule has 1 aliphatic heterocycles. The highest BCUT2D eigenvalue weighted by Crippen LogP contribution is 2.21. The van der Waals surface area contributed by atoms with Gasteiger partial charge in [-0.1, -0.05) is 30.2 Å². The van der Waals surface area contributed by atoms with Gasteiger partial charge in [0.2, 0.25) is 0 Å². The summed E-state index contributed by atoms with van der Waals surface area (Å²) in [5, 5.41) is 12.6. The number of nitrogens with one attached hydrogen (secondary N) is 1. The molecule has 4 nitrogen and oxygen atoms in total. The normalized spacial score (nSPS) is 14.8. The van der Waals surface area contributed by atoms with E-state index in [1.807, 2.05) is 24.3 Å². The molecule has 1 aromatic carbocycles. The molecule has 0 amide bonds. The Labute approximate surface area is 117 Å². The van der Waals surface area contributed by atoms with E-state index < -0.39 is 0 Å². The number of halogens is 1. The molecule has 0 aliphatic carbocycles. The van der Waals surface area contributed by atoms with Gasteiger partial charge in [-0.05, 0) is 25.0 Å². The number of aromatic nitrogens is 3. The Morgan fingerprint density at radius 2 is 2.05 bits per heavy atom. The fourth-order valence-corrected chi connectivity index (χ4v) is 2.66. The van der Waals surface area contributed by atoms with Crippen LogP contribution in [0.2, 0.25) is 5.02 Å². The van der Waals surface area contributed by atoms with E-state index in [1.54, 1.807) is 0 Å². The Morgan fingerprint density at radius 3 is 2.95 bits per heavy atom. The molecule has 1 aromatic heterocycles. The molecule has 2 heterocycles. The number of benzene rings is 1. The van der Waals surface area contributed by atoms with E-state index in [0.29, 0.717) is 6.54 Å². The number of fused-ring (bicyclic) bond motifs is 1. The maximum Gasteiger partial charge on any atom is 0.152 e. The van der Waals surface area contributed by atoms with Gasteiger partial charge in [0.1, 0.15) is 5.82 Å². The van der Waals surface area contributed by atoms with E-state index in [2.05, 4.69) is 20.1 Å². The van der Waals surface area contributed by atoms with Crippen LogP contribution in [-0.4, -0.2) is 14.8 Å². The first-order valence-electron chi connectivity index (χ1n) is 6.74. The van der Waals surface area contributed by atoms with Gasteiger partial charge in [-0.2, -0.15) is 0 Å². The first-order chi connectivity index (χ1) is 9.34. The van der Waals surface area contributed by atoms with Crippen molar-refractivity contribution >= 4 is 17.3 Å². The van der Waals surface area contributed by atoms with E-state index in [4.69, 9.17) is 11.6 Å². The predicted octanol–water partition coefficient (Wildman–Crippen LogP) is 3.27. The highest BCUT2D eigenvalue weighted by molar-refractivity contribution is 6.33. The molecule has 3 rings (SSSR count). The Hall–Kier alpha value is -1.55. The third-order valence-electron chi connectivity index (χ3n) is 3.50. The van der Waals surface area contributed by atoms with E-state index in [0.717, 1.165) is 35.3 Å². The molecule has 0 unspecified atom stereocenters. The maximum atomic E-state index is 6.13. The van der Waals surface area contributed by atoms with Crippen molar-refractivity contribution in [3.63, 3.8) is 0 Å². The van der Waals surface area contributed by atoms with Crippen LogP contribution in [0.15, 0.2) is 24.3 Å². The lowest BCUT2D eigenvalue weighted by Crippen LogP contribution is -2.10. The van der Waals surface area contributed by atoms with Crippen LogP contribution in [0.3, 0.4) is 0 Å². The quantitative estimate of drug-likeness (QED) is 0.936. The van der Waals surface area contributed by atoms with Gasteiger partial charge in [-0.25, -0.2) is 0 Å². The van der Waals surface area contributed by atoms with E-state index in [1.165, 1.54) is 19.3 Å². The lowest BCUT2D eigenvalue weighted by molar-refractivity contribution is 0.610. The van der Waals surface area contributed by atoms with Gasteiger partial charge in [0.15, 0.2) is 5.82 Å². The maximum absolute atomic E-state index is 6.13. The van der Waals surface area contributed by atoms with Gasteiger partial charge >= 0.3 is 0 Å². The van der Waals surface area contributed by atoms with Gasteiger partial charge in [0.25, 0.3) is 0 Å². The lowest BCUT2D eigenvalue weighted by atomic mass is 10.2. The molecule has 100 valence electrons. The summed E-state index contributed by atoms with van der Waals surface area (Å²) in [4.78, 5) is 0. The molecule has 1 N–H and O–H groups in total. The standard InChI is InChI=1S/C14H17ClN4/c15-11-6-3-4-7-12(11)16-10-14-18-17-13-8-2-1-5-9-19(13)14/h3-4,6-7,16H,1-2,5,8-10H2. The highest BCUT2D eigenvalue weighted by Gasteiger charge is 2.14. The molecule has 0 fully saturated rings. The van der Waals surface area contributed by atoms with Crippen LogP contribution in [0, 0.1) is 0 Å². The van der Waals surface area contributed by atoms with Crippen LogP contribution in [0.5, 0.6) is 0 Å². The molecule has 19 heavy (non-hydrogen) atoms. The first kappa shape index (κ1) is 12.5. The Kier molecular flexibility index (Phi) is 3.69. The van der Waals surface area contributed by atoms with Crippen molar-refractivity contribution in [3.05, 3.63) is 40.9 Å². The fraction of sp³-hybridized carbons (Fsp3) is 0.429. The number of nitrogens with zero attached hydrogens (tertiary/aromatic N) is 3. The third-order valence-corrected chi connectivity index (χ3v) is 3.83. The van der Waals surface area contributed by atoms with Crippen molar-refractivity contribution in [1.82, 2.24) is 14.8 Å². The molecule has 1 aliphatic rings. The Balaban J connectivity index is 1.74. The van der Waals surface area contributed by atoms with Crippen molar-refractivity contribution in [2.75, 3.05) is 5.32 Å². The summed E-state index contributed by atoms with van der Waals surface area (Å²) >= 11 is 6.13. The average molecular weight is 277 g/mol. The molecule has 0 spiro atoms. The second-order valence-corrected chi connectivity index (χ2v) is 5.24. The molecule has 0 radical (unpaired) electrons. The number of rotatable bonds is 3. The molecule has 5 heteroatoms. The topological polar surface area (TPSA) is 42.7 Å². The van der Waals surface area contributed by atoms with Crippen LogP contribution in [0.1, 0.15) is 30.9 Å². The molecule has 0 saturated carbocycles. The predicted molar refractivity (Wildman–Crippen MR) is 76.4 cm³/mol. The SMILES string of the molecule is Clc1ccccc1NCc1nnc2n1CCCCC2. The monoisotopic (exact) mass is 276 g/mol. The number of anilines is 1. The summed E-state index contributed by atoms with van der Waals surface area (Å²) in [6.45, 7) is 1.69. The summed E-state index contributed by atoms with van der Waals surface area (Å²) in [6, 6.07) is 7.76. The third kappa shape index (κ3) is 2.73. The molecule has 0 atom stereocenters. The van der Waals surface area contributed by atoms with Crippen molar-refractivity contribution in [2.24, 2.45) is 0 Å². The molecule has 2 aromatic rings. The molecule has 0 saturated heterocycles. The highest BCUT2D eigenvalue weighted by atomic mass is 35.5. The number of hydrogen-bond donors (Lipinski definition) is 1. The van der Waals surface area contributed by atoms with Crippen LogP contribution in [0.4, 0.5) is 5.69 Å². The first-order valence-corrected chi connectivity index (χ1v) is 7.12. The zero-order chi connectivity index (χ0) is 13.1. The van der Waals surface area contributed by atoms with Crippen molar-refractivity contribution in [1.29, 1.82) is 0 Å². The van der Waals surface area contributed by atoms with Crippen LogP contribution < -0.4 is 5.32 Å². The second kappa shape index (κ2) is 5.61. The minimum atomic E-state index is 0.663. The largest absolute Gasteiger partial charge is 0.377 e. The van der Waals surface area contributed by atoms with Gasteiger partial charge < -0.3 is 9.88 Å². The minimum Gasteiger partial charge on any atom is -0.377 e. The van der Waals surface area contributed by atoms with E-state index in [9.17, 15) is 0 Å². The Morgan fingerprint density at radius 1 is 1.16 bits per heavy atom. The molecule has 0 bridgehead atoms. The summed E-state index contributed by atoms with van der Waals surface area (Å²) < 4.78 is 2.25. The number of para-hydroxylation sites is 1. The minimum absolute atomic E-state index is 0.663. The number of aryl methyl sites for hydroxylation is 1. The Bertz CT molecular complexity index is 564. The lowest BCUT2D eigenvalue weighted by Gasteiger charge is -2.10. The van der Waals surface area contributed by atoms with Gasteiger partial charge in [0, 0.05) is 13.0 Å². The second-order valence-electron chi connectivity index (χ2n) is 4.83. The average Bonchev–Trinajstić information content (AvgIpc) is 2.66. The van der Waals surface area contributed by atoms with Gasteiger partial charge in [0.05, 0.1) is 17.3 Å². The molecular formula is C14H17ClN4. The zero-order valence-corrected chi connectivity index (χ0v) is 11.5. The smallest absolute Gasteiger partial charge is 0.152 e. The van der Waals surface area contributed by atoms with Crippen LogP contribution >= 0.6 is 11.6 Å². The van der Waals surface area contributed by atoms with E-state index in [-0.39, 0.29) is 0 Å². The number of hydrogen-bond acceptors (Lipinski definition) is 3. The summed E-state index contributed by atoms with van der Waals surface area (Å²) in [6.07, 6.45) is 4.75. The van der Waals surface area contributed by atoms with Crippen LogP contribution in [-0.2, 0) is 19.5 Å². The van der Waals surface area contributed by atoms with Crippen molar-refractivity contribution in [3.8, 4) is 0 Å². The summed E-state index contributed by atoms with van der Waals surface area (Å²) in [7, 11) is 0. The van der Waals surface area contributed by atoms with Gasteiger partial charge in [-0.3, -0.25) is 0 Å². The molecular weight excluding hydrogens is 260 g/mol. The van der Waals surface area contributed by atoms with Gasteiger partial charge in [-0.15, -0.1) is 10.2 Å². The summed E-state index contributed by atoms with van der Waals surface area (Å²) in [5.41, 5.74) is 0.940.